The SMILES string of the molecule is CCOCCC(=O)N(CCO)C1CCCC1. The molecule has 0 aromatic heterocycles. The van der Waals surface area contributed by atoms with Gasteiger partial charge in [-0.25, -0.2) is 0 Å². The monoisotopic (exact) mass is 229 g/mol. The Labute approximate surface area is 97.6 Å². The van der Waals surface area contributed by atoms with Gasteiger partial charge in [-0.05, 0) is 19.8 Å². The third-order valence-corrected chi connectivity index (χ3v) is 3.09. The minimum atomic E-state index is 0.0525. The van der Waals surface area contributed by atoms with Gasteiger partial charge < -0.3 is 14.7 Å². The van der Waals surface area contributed by atoms with Crippen molar-refractivity contribution in [2.24, 2.45) is 0 Å². The lowest BCUT2D eigenvalue weighted by atomic mass is 10.2. The Morgan fingerprint density at radius 2 is 2.12 bits per heavy atom. The van der Waals surface area contributed by atoms with Crippen molar-refractivity contribution in [3.8, 4) is 0 Å². The Bertz CT molecular complexity index is 202. The third-order valence-electron chi connectivity index (χ3n) is 3.09. The van der Waals surface area contributed by atoms with Gasteiger partial charge in [-0.15, -0.1) is 0 Å². The summed E-state index contributed by atoms with van der Waals surface area (Å²) in [6.45, 7) is 3.58. The van der Waals surface area contributed by atoms with Gasteiger partial charge in [-0.2, -0.15) is 0 Å². The summed E-state index contributed by atoms with van der Waals surface area (Å²) in [5.74, 6) is 0.120. The van der Waals surface area contributed by atoms with E-state index in [-0.39, 0.29) is 12.5 Å². The molecule has 1 fully saturated rings. The molecule has 16 heavy (non-hydrogen) atoms. The predicted octanol–water partition coefficient (Wildman–Crippen LogP) is 1.18. The number of aliphatic hydroxyl groups excluding tert-OH is 1. The molecule has 0 radical (unpaired) electrons. The molecule has 0 aromatic rings. The molecule has 0 saturated heterocycles. The Hall–Kier alpha value is -0.610. The fourth-order valence-corrected chi connectivity index (χ4v) is 2.28. The lowest BCUT2D eigenvalue weighted by Gasteiger charge is -2.28. The van der Waals surface area contributed by atoms with Crippen molar-refractivity contribution in [1.29, 1.82) is 0 Å². The van der Waals surface area contributed by atoms with Gasteiger partial charge in [0, 0.05) is 19.2 Å². The summed E-state index contributed by atoms with van der Waals surface area (Å²) in [4.78, 5) is 13.8. The zero-order valence-corrected chi connectivity index (χ0v) is 10.2. The molecule has 4 nitrogen and oxygen atoms in total. The molecule has 1 aliphatic rings. The lowest BCUT2D eigenvalue weighted by molar-refractivity contribution is -0.135. The molecule has 0 heterocycles. The second kappa shape index (κ2) is 7.63. The van der Waals surface area contributed by atoms with E-state index in [2.05, 4.69) is 0 Å². The molecule has 1 N–H and O–H groups in total. The largest absolute Gasteiger partial charge is 0.395 e. The van der Waals surface area contributed by atoms with E-state index in [9.17, 15) is 4.79 Å². The molecule has 94 valence electrons. The number of hydrogen-bond acceptors (Lipinski definition) is 3. The maximum absolute atomic E-state index is 11.9. The molecule has 1 saturated carbocycles. The van der Waals surface area contributed by atoms with Crippen LogP contribution in [0.4, 0.5) is 0 Å². The lowest BCUT2D eigenvalue weighted by Crippen LogP contribution is -2.41. The summed E-state index contributed by atoms with van der Waals surface area (Å²) in [5.41, 5.74) is 0. The van der Waals surface area contributed by atoms with Crippen LogP contribution in [0.15, 0.2) is 0 Å². The summed E-state index contributed by atoms with van der Waals surface area (Å²) >= 11 is 0. The molecule has 1 aliphatic carbocycles. The maximum atomic E-state index is 11.9. The van der Waals surface area contributed by atoms with Gasteiger partial charge in [0.1, 0.15) is 0 Å². The van der Waals surface area contributed by atoms with Crippen LogP contribution in [0.25, 0.3) is 0 Å². The molecule has 0 atom stereocenters. The van der Waals surface area contributed by atoms with Crippen molar-refractivity contribution in [3.63, 3.8) is 0 Å². The fourth-order valence-electron chi connectivity index (χ4n) is 2.28. The molecule has 0 bridgehead atoms. The second-order valence-corrected chi connectivity index (χ2v) is 4.20. The van der Waals surface area contributed by atoms with Crippen LogP contribution in [0.1, 0.15) is 39.0 Å². The van der Waals surface area contributed by atoms with E-state index in [1.165, 1.54) is 12.8 Å². The van der Waals surface area contributed by atoms with Crippen LogP contribution >= 0.6 is 0 Å². The van der Waals surface area contributed by atoms with Crippen molar-refractivity contribution >= 4 is 5.91 Å². The number of hydrogen-bond donors (Lipinski definition) is 1. The molecule has 1 amide bonds. The Morgan fingerprint density at radius 3 is 2.69 bits per heavy atom. The normalized spacial score (nSPS) is 16.6. The van der Waals surface area contributed by atoms with Crippen molar-refractivity contribution in [2.45, 2.75) is 45.1 Å². The zero-order valence-electron chi connectivity index (χ0n) is 10.2. The van der Waals surface area contributed by atoms with Crippen molar-refractivity contribution in [3.05, 3.63) is 0 Å². The number of carbonyl (C=O) groups is 1. The molecular formula is C12H23NO3. The van der Waals surface area contributed by atoms with Crippen LogP contribution in [0.5, 0.6) is 0 Å². The van der Waals surface area contributed by atoms with Crippen LogP contribution in [0, 0.1) is 0 Å². The van der Waals surface area contributed by atoms with E-state index in [0.717, 1.165) is 12.8 Å². The quantitative estimate of drug-likeness (QED) is 0.667. The van der Waals surface area contributed by atoms with Crippen molar-refractivity contribution in [2.75, 3.05) is 26.4 Å². The van der Waals surface area contributed by atoms with Gasteiger partial charge in [0.15, 0.2) is 0 Å². The van der Waals surface area contributed by atoms with E-state index in [1.54, 1.807) is 0 Å². The van der Waals surface area contributed by atoms with E-state index < -0.39 is 0 Å². The van der Waals surface area contributed by atoms with Gasteiger partial charge in [0.25, 0.3) is 0 Å². The van der Waals surface area contributed by atoms with E-state index in [4.69, 9.17) is 9.84 Å². The third kappa shape index (κ3) is 4.10. The molecule has 0 aliphatic heterocycles. The first-order valence-corrected chi connectivity index (χ1v) is 6.27. The first kappa shape index (κ1) is 13.5. The number of rotatable bonds is 7. The highest BCUT2D eigenvalue weighted by Gasteiger charge is 2.25. The summed E-state index contributed by atoms with van der Waals surface area (Å²) in [7, 11) is 0. The second-order valence-electron chi connectivity index (χ2n) is 4.20. The summed E-state index contributed by atoms with van der Waals surface area (Å²) < 4.78 is 5.19. The molecular weight excluding hydrogens is 206 g/mol. The first-order valence-electron chi connectivity index (χ1n) is 6.27. The first-order chi connectivity index (χ1) is 7.79. The average Bonchev–Trinajstić information content (AvgIpc) is 2.79. The Morgan fingerprint density at radius 1 is 1.44 bits per heavy atom. The minimum Gasteiger partial charge on any atom is -0.395 e. The van der Waals surface area contributed by atoms with Crippen molar-refractivity contribution in [1.82, 2.24) is 4.90 Å². The molecule has 0 spiro atoms. The highest BCUT2D eigenvalue weighted by atomic mass is 16.5. The number of ether oxygens (including phenoxy) is 1. The summed E-state index contributed by atoms with van der Waals surface area (Å²) in [6.07, 6.45) is 5.00. The molecule has 4 heteroatoms. The van der Waals surface area contributed by atoms with Gasteiger partial charge in [0.05, 0.1) is 19.6 Å². The summed E-state index contributed by atoms with van der Waals surface area (Å²) in [5, 5.41) is 8.99. The van der Waals surface area contributed by atoms with Crippen LogP contribution in [-0.2, 0) is 9.53 Å². The number of aliphatic hydroxyl groups is 1. The van der Waals surface area contributed by atoms with Gasteiger partial charge >= 0.3 is 0 Å². The Kier molecular flexibility index (Phi) is 6.42. The highest BCUT2D eigenvalue weighted by Crippen LogP contribution is 2.23. The standard InChI is InChI=1S/C12H23NO3/c1-2-16-10-7-12(15)13(8-9-14)11-5-3-4-6-11/h11,14H,2-10H2,1H3. The number of nitrogens with zero attached hydrogens (tertiary/aromatic N) is 1. The predicted molar refractivity (Wildman–Crippen MR) is 62.2 cm³/mol. The highest BCUT2D eigenvalue weighted by molar-refractivity contribution is 5.76. The average molecular weight is 229 g/mol. The van der Waals surface area contributed by atoms with Gasteiger partial charge in [-0.3, -0.25) is 4.79 Å². The van der Waals surface area contributed by atoms with Crippen LogP contribution in [0.3, 0.4) is 0 Å². The fraction of sp³-hybridized carbons (Fsp3) is 0.917. The maximum Gasteiger partial charge on any atom is 0.225 e. The molecule has 1 rings (SSSR count). The van der Waals surface area contributed by atoms with Crippen LogP contribution in [0.2, 0.25) is 0 Å². The van der Waals surface area contributed by atoms with Crippen LogP contribution in [-0.4, -0.2) is 48.3 Å². The van der Waals surface area contributed by atoms with E-state index >= 15 is 0 Å². The minimum absolute atomic E-state index is 0.0525. The molecule has 0 unspecified atom stereocenters. The van der Waals surface area contributed by atoms with E-state index in [0.29, 0.717) is 32.2 Å². The zero-order chi connectivity index (χ0) is 11.8. The number of carbonyl (C=O) groups excluding carboxylic acids is 1. The number of amides is 1. The van der Waals surface area contributed by atoms with E-state index in [1.807, 2.05) is 11.8 Å². The topological polar surface area (TPSA) is 49.8 Å². The summed E-state index contributed by atoms with van der Waals surface area (Å²) in [6, 6.07) is 0.348. The Balaban J connectivity index is 2.38. The van der Waals surface area contributed by atoms with Gasteiger partial charge in [-0.1, -0.05) is 12.8 Å². The molecule has 0 aromatic carbocycles. The smallest absolute Gasteiger partial charge is 0.225 e. The van der Waals surface area contributed by atoms with Crippen LogP contribution < -0.4 is 0 Å². The van der Waals surface area contributed by atoms with Gasteiger partial charge in [0.2, 0.25) is 5.91 Å². The van der Waals surface area contributed by atoms with Crippen molar-refractivity contribution < 1.29 is 14.6 Å².